The largest absolute Gasteiger partial charge is 0.422 e. The van der Waals surface area contributed by atoms with E-state index in [9.17, 15) is 22.0 Å². The van der Waals surface area contributed by atoms with Gasteiger partial charge in [0.25, 0.3) is 0 Å². The van der Waals surface area contributed by atoms with Gasteiger partial charge in [-0.05, 0) is 91.2 Å². The van der Waals surface area contributed by atoms with Crippen LogP contribution in [0.25, 0.3) is 11.1 Å². The van der Waals surface area contributed by atoms with Crippen LogP contribution in [0.5, 0.6) is 0 Å². The van der Waals surface area contributed by atoms with Crippen molar-refractivity contribution in [2.45, 2.75) is 64.0 Å². The summed E-state index contributed by atoms with van der Waals surface area (Å²) in [6, 6.07) is 1.91. The molecule has 0 aliphatic heterocycles. The van der Waals surface area contributed by atoms with E-state index in [1.807, 2.05) is 0 Å². The predicted molar refractivity (Wildman–Crippen MR) is 113 cm³/mol. The topological polar surface area (TPSA) is 0 Å². The van der Waals surface area contributed by atoms with Crippen molar-refractivity contribution in [3.05, 3.63) is 70.3 Å². The minimum atomic E-state index is -5.25. The molecule has 0 spiro atoms. The Balaban J connectivity index is 1.68. The zero-order chi connectivity index (χ0) is 23.9. The second-order valence-electron chi connectivity index (χ2n) is 9.12. The lowest BCUT2D eigenvalue weighted by Crippen LogP contribution is -2.28. The zero-order valence-corrected chi connectivity index (χ0v) is 18.2. The molecule has 2 aromatic rings. The molecule has 0 amide bonds. The summed E-state index contributed by atoms with van der Waals surface area (Å²) in [5, 5.41) is 0. The lowest BCUT2D eigenvalue weighted by atomic mass is 9.65. The van der Waals surface area contributed by atoms with Crippen molar-refractivity contribution < 1.29 is 30.7 Å². The Labute approximate surface area is 188 Å². The average molecular weight is 470 g/mol. The third-order valence-electron chi connectivity index (χ3n) is 7.02. The first-order valence-corrected chi connectivity index (χ1v) is 11.4. The van der Waals surface area contributed by atoms with Gasteiger partial charge in [0.05, 0.1) is 5.56 Å². The smallest absolute Gasteiger partial charge is 0.206 e. The SMILES string of the molecule is CCC/C=C/C1CCC2c3cc(F)c(-c4cc(F)c(C(F)(F)F)c(F)c4)c(F)c3CCC2C1. The molecule has 0 aromatic heterocycles. The third kappa shape index (κ3) is 4.56. The van der Waals surface area contributed by atoms with Crippen molar-refractivity contribution in [1.82, 2.24) is 0 Å². The van der Waals surface area contributed by atoms with Crippen LogP contribution < -0.4 is 0 Å². The van der Waals surface area contributed by atoms with E-state index in [-0.39, 0.29) is 5.92 Å². The van der Waals surface area contributed by atoms with Crippen molar-refractivity contribution in [1.29, 1.82) is 0 Å². The number of alkyl halides is 3. The molecule has 1 saturated carbocycles. The number of halogens is 7. The number of hydrogen-bond acceptors (Lipinski definition) is 0. The first-order valence-electron chi connectivity index (χ1n) is 11.4. The summed E-state index contributed by atoms with van der Waals surface area (Å²) in [4.78, 5) is 0. The molecule has 0 nitrogen and oxygen atoms in total. The van der Waals surface area contributed by atoms with Crippen LogP contribution in [0.3, 0.4) is 0 Å². The lowest BCUT2D eigenvalue weighted by molar-refractivity contribution is -0.142. The number of fused-ring (bicyclic) bond motifs is 3. The molecular weight excluding hydrogens is 445 g/mol. The van der Waals surface area contributed by atoms with Crippen molar-refractivity contribution in [3.8, 4) is 11.1 Å². The maximum Gasteiger partial charge on any atom is 0.422 e. The summed E-state index contributed by atoms with van der Waals surface area (Å²) < 4.78 is 97.2. The number of hydrogen-bond donors (Lipinski definition) is 0. The molecule has 0 heterocycles. The highest BCUT2D eigenvalue weighted by molar-refractivity contribution is 5.68. The Kier molecular flexibility index (Phi) is 6.61. The Morgan fingerprint density at radius 2 is 1.64 bits per heavy atom. The molecule has 4 rings (SSSR count). The molecule has 2 aliphatic rings. The quantitative estimate of drug-likeness (QED) is 0.310. The van der Waals surface area contributed by atoms with Crippen LogP contribution in [0.15, 0.2) is 30.4 Å². The molecule has 3 unspecified atom stereocenters. The molecule has 33 heavy (non-hydrogen) atoms. The van der Waals surface area contributed by atoms with E-state index in [1.165, 1.54) is 6.07 Å². The van der Waals surface area contributed by atoms with E-state index in [0.717, 1.165) is 32.1 Å². The molecule has 178 valence electrons. The summed E-state index contributed by atoms with van der Waals surface area (Å²) in [7, 11) is 0. The molecule has 1 fully saturated rings. The fourth-order valence-electron chi connectivity index (χ4n) is 5.50. The second kappa shape index (κ2) is 9.15. The van der Waals surface area contributed by atoms with Gasteiger partial charge in [0.1, 0.15) is 28.8 Å². The Morgan fingerprint density at radius 3 is 2.27 bits per heavy atom. The van der Waals surface area contributed by atoms with Crippen molar-refractivity contribution in [2.24, 2.45) is 11.8 Å². The van der Waals surface area contributed by atoms with Crippen LogP contribution >= 0.6 is 0 Å². The van der Waals surface area contributed by atoms with Crippen molar-refractivity contribution in [2.75, 3.05) is 0 Å². The van der Waals surface area contributed by atoms with Crippen molar-refractivity contribution >= 4 is 0 Å². The molecule has 2 aromatic carbocycles. The molecule has 0 N–H and O–H groups in total. The van der Waals surface area contributed by atoms with Gasteiger partial charge in [-0.15, -0.1) is 0 Å². The summed E-state index contributed by atoms with van der Waals surface area (Å²) in [5.41, 5.74) is -2.46. The van der Waals surface area contributed by atoms with Gasteiger partial charge in [0.15, 0.2) is 0 Å². The van der Waals surface area contributed by atoms with Gasteiger partial charge < -0.3 is 0 Å². The minimum Gasteiger partial charge on any atom is -0.206 e. The Hall–Kier alpha value is -2.31. The molecule has 3 atom stereocenters. The summed E-state index contributed by atoms with van der Waals surface area (Å²) in [6.45, 7) is 2.12. The van der Waals surface area contributed by atoms with E-state index in [0.29, 0.717) is 47.9 Å². The Morgan fingerprint density at radius 1 is 0.939 bits per heavy atom. The van der Waals surface area contributed by atoms with Crippen LogP contribution in [0, 0.1) is 35.1 Å². The molecule has 0 bridgehead atoms. The fraction of sp³-hybridized carbons (Fsp3) is 0.462. The molecule has 0 saturated heterocycles. The average Bonchev–Trinajstić information content (AvgIpc) is 2.72. The van der Waals surface area contributed by atoms with Gasteiger partial charge in [-0.25, -0.2) is 17.6 Å². The minimum absolute atomic E-state index is 0.00343. The summed E-state index contributed by atoms with van der Waals surface area (Å²) in [6.07, 6.45) is 5.02. The van der Waals surface area contributed by atoms with Crippen LogP contribution in [-0.2, 0) is 12.6 Å². The predicted octanol–water partition coefficient (Wildman–Crippen LogP) is 8.73. The normalized spacial score (nSPS) is 23.0. The van der Waals surface area contributed by atoms with Crippen LogP contribution in [-0.4, -0.2) is 0 Å². The van der Waals surface area contributed by atoms with E-state index < -0.39 is 46.1 Å². The van der Waals surface area contributed by atoms with Gasteiger partial charge in [0.2, 0.25) is 0 Å². The highest BCUT2D eigenvalue weighted by atomic mass is 19.4. The highest BCUT2D eigenvalue weighted by Crippen LogP contribution is 2.49. The van der Waals surface area contributed by atoms with E-state index in [4.69, 9.17) is 0 Å². The number of allylic oxidation sites excluding steroid dienone is 2. The highest BCUT2D eigenvalue weighted by Gasteiger charge is 2.39. The second-order valence-corrected chi connectivity index (χ2v) is 9.12. The first-order chi connectivity index (χ1) is 15.6. The van der Waals surface area contributed by atoms with Crippen LogP contribution in [0.2, 0.25) is 0 Å². The van der Waals surface area contributed by atoms with E-state index in [2.05, 4.69) is 19.1 Å². The molecule has 2 aliphatic carbocycles. The number of benzene rings is 2. The maximum absolute atomic E-state index is 15.4. The van der Waals surface area contributed by atoms with Crippen LogP contribution in [0.4, 0.5) is 30.7 Å². The van der Waals surface area contributed by atoms with Gasteiger partial charge in [-0.3, -0.25) is 0 Å². The summed E-state index contributed by atoms with van der Waals surface area (Å²) >= 11 is 0. The van der Waals surface area contributed by atoms with Gasteiger partial charge in [-0.1, -0.05) is 25.5 Å². The fourth-order valence-corrected chi connectivity index (χ4v) is 5.50. The first kappa shape index (κ1) is 23.8. The Bertz CT molecular complexity index is 1040. The number of unbranched alkanes of at least 4 members (excludes halogenated alkanes) is 1. The zero-order valence-electron chi connectivity index (χ0n) is 18.2. The summed E-state index contributed by atoms with van der Waals surface area (Å²) in [5.74, 6) is -5.00. The lowest BCUT2D eigenvalue weighted by Gasteiger charge is -2.40. The monoisotopic (exact) mass is 470 g/mol. The standard InChI is InChI=1S/C26H25F7/c1-2-3-4-5-14-6-8-17-15(10-14)7-9-18-19(17)13-20(27)23(25(18)30)16-11-21(28)24(22(29)12-16)26(31,32)33/h4-5,11-15,17H,2-3,6-10H2,1H3/b5-4+. The van der Waals surface area contributed by atoms with Crippen LogP contribution in [0.1, 0.15) is 68.1 Å². The molecule has 7 heteroatoms. The van der Waals surface area contributed by atoms with Gasteiger partial charge >= 0.3 is 6.18 Å². The third-order valence-corrected chi connectivity index (χ3v) is 7.02. The van der Waals surface area contributed by atoms with Crippen molar-refractivity contribution in [3.63, 3.8) is 0 Å². The molecule has 0 radical (unpaired) electrons. The number of rotatable bonds is 4. The van der Waals surface area contributed by atoms with Gasteiger partial charge in [0, 0.05) is 0 Å². The molecular formula is C26H25F7. The maximum atomic E-state index is 15.4. The van der Waals surface area contributed by atoms with E-state index in [1.54, 1.807) is 0 Å². The van der Waals surface area contributed by atoms with E-state index >= 15 is 8.78 Å². The van der Waals surface area contributed by atoms with Gasteiger partial charge in [-0.2, -0.15) is 13.2 Å².